The smallest absolute Gasteiger partial charge is 0.276 e. The maximum atomic E-state index is 12.1. The van der Waals surface area contributed by atoms with Crippen molar-refractivity contribution in [1.82, 2.24) is 4.83 Å². The molecule has 112 valence electrons. The zero-order chi connectivity index (χ0) is 15.2. The van der Waals surface area contributed by atoms with Gasteiger partial charge in [0.05, 0.1) is 11.5 Å². The van der Waals surface area contributed by atoms with Crippen LogP contribution >= 0.6 is 0 Å². The summed E-state index contributed by atoms with van der Waals surface area (Å²) in [5, 5.41) is 3.95. The van der Waals surface area contributed by atoms with Crippen molar-refractivity contribution in [3.63, 3.8) is 0 Å². The van der Waals surface area contributed by atoms with Gasteiger partial charge < -0.3 is 4.74 Å². The van der Waals surface area contributed by atoms with E-state index in [9.17, 15) is 8.42 Å². The van der Waals surface area contributed by atoms with Crippen molar-refractivity contribution in [1.29, 1.82) is 0 Å². The molecule has 1 rings (SSSR count). The van der Waals surface area contributed by atoms with Gasteiger partial charge in [0.25, 0.3) is 10.0 Å². The van der Waals surface area contributed by atoms with Crippen molar-refractivity contribution in [2.45, 2.75) is 39.0 Å². The van der Waals surface area contributed by atoms with Gasteiger partial charge >= 0.3 is 0 Å². The Morgan fingerprint density at radius 3 is 2.40 bits per heavy atom. The molecule has 0 bridgehead atoms. The minimum absolute atomic E-state index is 0.168. The second-order valence-corrected chi connectivity index (χ2v) is 6.22. The largest absolute Gasteiger partial charge is 0.494 e. The molecule has 1 aromatic rings. The third-order valence-corrected chi connectivity index (χ3v) is 4.34. The third-order valence-electron chi connectivity index (χ3n) is 3.11. The molecule has 0 heterocycles. The summed E-state index contributed by atoms with van der Waals surface area (Å²) in [4.78, 5) is 2.43. The summed E-state index contributed by atoms with van der Waals surface area (Å²) in [6.07, 6.45) is 0.917. The molecule has 1 N–H and O–H groups in total. The zero-order valence-electron chi connectivity index (χ0n) is 12.4. The van der Waals surface area contributed by atoms with Gasteiger partial charge in [0, 0.05) is 5.71 Å². The normalized spacial score (nSPS) is 13.9. The van der Waals surface area contributed by atoms with E-state index in [1.54, 1.807) is 12.1 Å². The molecule has 0 unspecified atom stereocenters. The average Bonchev–Trinajstić information content (AvgIpc) is 2.45. The summed E-state index contributed by atoms with van der Waals surface area (Å²) in [5.41, 5.74) is 0.766. The highest BCUT2D eigenvalue weighted by Crippen LogP contribution is 2.16. The lowest BCUT2D eigenvalue weighted by molar-refractivity contribution is 0.340. The van der Waals surface area contributed by atoms with Gasteiger partial charge in [-0.25, -0.2) is 4.83 Å². The van der Waals surface area contributed by atoms with Gasteiger partial charge in [0.15, 0.2) is 0 Å². The second kappa shape index (κ2) is 7.28. The summed E-state index contributed by atoms with van der Waals surface area (Å²) in [6, 6.07) is 6.26. The monoisotopic (exact) mass is 298 g/mol. The van der Waals surface area contributed by atoms with E-state index in [4.69, 9.17) is 4.74 Å². The molecule has 0 aliphatic carbocycles. The molecule has 1 atom stereocenters. The molecule has 0 aliphatic heterocycles. The topological polar surface area (TPSA) is 67.8 Å². The molecular weight excluding hydrogens is 276 g/mol. The standard InChI is InChI=1S/C14H22N2O3S/c1-5-11(3)12(4)15-16-20(17,18)14-9-7-13(8-10-14)19-6-2/h7-11,16H,5-6H2,1-4H3/b15-12-/t11-/m1/s1. The quantitative estimate of drug-likeness (QED) is 0.621. The van der Waals surface area contributed by atoms with Crippen LogP contribution in [0.1, 0.15) is 34.1 Å². The van der Waals surface area contributed by atoms with E-state index in [2.05, 4.69) is 9.93 Å². The van der Waals surface area contributed by atoms with Gasteiger partial charge in [0.1, 0.15) is 5.75 Å². The Kier molecular flexibility index (Phi) is 6.01. The molecule has 5 nitrogen and oxygen atoms in total. The van der Waals surface area contributed by atoms with E-state index >= 15 is 0 Å². The van der Waals surface area contributed by atoms with E-state index in [0.717, 1.165) is 12.1 Å². The molecule has 0 saturated carbocycles. The van der Waals surface area contributed by atoms with Crippen LogP contribution in [0, 0.1) is 5.92 Å². The van der Waals surface area contributed by atoms with Crippen LogP contribution in [0.15, 0.2) is 34.3 Å². The minimum Gasteiger partial charge on any atom is -0.494 e. The van der Waals surface area contributed by atoms with Crippen molar-refractivity contribution in [3.05, 3.63) is 24.3 Å². The first-order valence-electron chi connectivity index (χ1n) is 6.69. The predicted molar refractivity (Wildman–Crippen MR) is 80.5 cm³/mol. The number of hydrazone groups is 1. The van der Waals surface area contributed by atoms with Crippen LogP contribution in [0.4, 0.5) is 0 Å². The Morgan fingerprint density at radius 2 is 1.90 bits per heavy atom. The molecule has 0 radical (unpaired) electrons. The highest BCUT2D eigenvalue weighted by Gasteiger charge is 2.13. The SMILES string of the molecule is CCOc1ccc(S(=O)(=O)N/N=C(/C)[C@H](C)CC)cc1. The molecular formula is C14H22N2O3S. The number of hydrogen-bond donors (Lipinski definition) is 1. The third kappa shape index (κ3) is 4.52. The lowest BCUT2D eigenvalue weighted by atomic mass is 10.1. The molecule has 0 spiro atoms. The number of hydrogen-bond acceptors (Lipinski definition) is 4. The van der Waals surface area contributed by atoms with Crippen molar-refractivity contribution in [2.75, 3.05) is 6.61 Å². The summed E-state index contributed by atoms with van der Waals surface area (Å²) in [5.74, 6) is 0.892. The fourth-order valence-corrected chi connectivity index (χ4v) is 2.34. The average molecular weight is 298 g/mol. The Labute approximate surface area is 121 Å². The van der Waals surface area contributed by atoms with Gasteiger partial charge in [-0.2, -0.15) is 13.5 Å². The molecule has 0 aromatic heterocycles. The summed E-state index contributed by atoms with van der Waals surface area (Å²) in [7, 11) is -3.62. The fourth-order valence-electron chi connectivity index (χ4n) is 1.47. The maximum Gasteiger partial charge on any atom is 0.276 e. The summed E-state index contributed by atoms with van der Waals surface area (Å²) >= 11 is 0. The van der Waals surface area contributed by atoms with Gasteiger partial charge in [-0.3, -0.25) is 0 Å². The van der Waals surface area contributed by atoms with Crippen molar-refractivity contribution in [3.8, 4) is 5.75 Å². The molecule has 0 amide bonds. The Morgan fingerprint density at radius 1 is 1.30 bits per heavy atom. The van der Waals surface area contributed by atoms with Crippen LogP contribution < -0.4 is 9.57 Å². The first-order chi connectivity index (χ1) is 9.40. The lowest BCUT2D eigenvalue weighted by Crippen LogP contribution is -2.21. The molecule has 0 saturated heterocycles. The van der Waals surface area contributed by atoms with Crippen molar-refractivity contribution in [2.24, 2.45) is 11.0 Å². The molecule has 6 heteroatoms. The lowest BCUT2D eigenvalue weighted by Gasteiger charge is -2.09. The number of ether oxygens (including phenoxy) is 1. The van der Waals surface area contributed by atoms with E-state index < -0.39 is 10.0 Å². The maximum absolute atomic E-state index is 12.1. The number of sulfonamides is 1. The van der Waals surface area contributed by atoms with Gasteiger partial charge in [-0.1, -0.05) is 13.8 Å². The van der Waals surface area contributed by atoms with Crippen molar-refractivity contribution < 1.29 is 13.2 Å². The predicted octanol–water partition coefficient (Wildman–Crippen LogP) is 2.79. The van der Waals surface area contributed by atoms with Crippen LogP contribution in [0.3, 0.4) is 0 Å². The van der Waals surface area contributed by atoms with Gasteiger partial charge in [-0.05, 0) is 50.5 Å². The first-order valence-corrected chi connectivity index (χ1v) is 8.17. The van der Waals surface area contributed by atoms with Crippen LogP contribution in [0.2, 0.25) is 0 Å². The van der Waals surface area contributed by atoms with Crippen LogP contribution in [0.5, 0.6) is 5.75 Å². The Hall–Kier alpha value is -1.56. The van der Waals surface area contributed by atoms with E-state index in [-0.39, 0.29) is 10.8 Å². The summed E-state index contributed by atoms with van der Waals surface area (Å²) in [6.45, 7) is 8.27. The number of benzene rings is 1. The molecule has 20 heavy (non-hydrogen) atoms. The number of rotatable bonds is 7. The minimum atomic E-state index is -3.62. The van der Waals surface area contributed by atoms with Crippen molar-refractivity contribution >= 4 is 15.7 Å². The van der Waals surface area contributed by atoms with Crippen LogP contribution in [0.25, 0.3) is 0 Å². The van der Waals surface area contributed by atoms with E-state index in [0.29, 0.717) is 12.4 Å². The zero-order valence-corrected chi connectivity index (χ0v) is 13.2. The highest BCUT2D eigenvalue weighted by molar-refractivity contribution is 7.89. The molecule has 0 aliphatic rings. The first kappa shape index (κ1) is 16.5. The highest BCUT2D eigenvalue weighted by atomic mass is 32.2. The van der Waals surface area contributed by atoms with Crippen LogP contribution in [-0.4, -0.2) is 20.7 Å². The second-order valence-electron chi connectivity index (χ2n) is 4.56. The molecule has 0 fully saturated rings. The van der Waals surface area contributed by atoms with E-state index in [1.165, 1.54) is 12.1 Å². The summed E-state index contributed by atoms with van der Waals surface area (Å²) < 4.78 is 29.4. The van der Waals surface area contributed by atoms with Gasteiger partial charge in [0.2, 0.25) is 0 Å². The number of nitrogens with one attached hydrogen (secondary N) is 1. The fraction of sp³-hybridized carbons (Fsp3) is 0.500. The number of nitrogens with zero attached hydrogens (tertiary/aromatic N) is 1. The Balaban J connectivity index is 2.83. The van der Waals surface area contributed by atoms with Crippen LogP contribution in [-0.2, 0) is 10.0 Å². The van der Waals surface area contributed by atoms with Gasteiger partial charge in [-0.15, -0.1) is 0 Å². The molecule has 1 aromatic carbocycles. The van der Waals surface area contributed by atoms with E-state index in [1.807, 2.05) is 27.7 Å². The Bertz CT molecular complexity index is 550.